The van der Waals surface area contributed by atoms with Crippen LogP contribution in [-0.2, 0) is 13.1 Å². The first-order valence-corrected chi connectivity index (χ1v) is 8.70. The van der Waals surface area contributed by atoms with Crippen LogP contribution in [-0.4, -0.2) is 34.0 Å². The molecule has 0 saturated carbocycles. The van der Waals surface area contributed by atoms with E-state index in [-0.39, 0.29) is 5.91 Å². The number of benzene rings is 2. The van der Waals surface area contributed by atoms with Crippen molar-refractivity contribution in [1.82, 2.24) is 14.5 Å². The first-order chi connectivity index (χ1) is 12.7. The van der Waals surface area contributed by atoms with E-state index in [1.807, 2.05) is 66.6 Å². The van der Waals surface area contributed by atoms with Crippen molar-refractivity contribution >= 4 is 5.91 Å². The molecule has 0 atom stereocenters. The van der Waals surface area contributed by atoms with Crippen molar-refractivity contribution in [3.8, 4) is 17.0 Å². The number of rotatable bonds is 3. The average Bonchev–Trinajstić information content (AvgIpc) is 3.10. The number of amides is 1. The van der Waals surface area contributed by atoms with Crippen LogP contribution in [0.4, 0.5) is 0 Å². The molecule has 0 aliphatic carbocycles. The predicted molar refractivity (Wildman–Crippen MR) is 100 cm³/mol. The molecule has 1 aliphatic rings. The van der Waals surface area contributed by atoms with E-state index in [0.29, 0.717) is 13.1 Å². The van der Waals surface area contributed by atoms with Crippen molar-refractivity contribution in [3.05, 3.63) is 71.7 Å². The molecule has 1 aliphatic heterocycles. The van der Waals surface area contributed by atoms with E-state index < -0.39 is 0 Å². The van der Waals surface area contributed by atoms with Gasteiger partial charge in [0.05, 0.1) is 25.5 Å². The molecule has 3 aromatic rings. The normalized spacial score (nSPS) is 13.4. The molecule has 0 saturated heterocycles. The number of carbonyl (C=O) groups excluding carboxylic acids is 1. The molecule has 1 aromatic heterocycles. The summed E-state index contributed by atoms with van der Waals surface area (Å²) in [7, 11) is 1.66. The third-order valence-electron chi connectivity index (χ3n) is 4.80. The van der Waals surface area contributed by atoms with Crippen LogP contribution >= 0.6 is 0 Å². The summed E-state index contributed by atoms with van der Waals surface area (Å²) in [5.74, 6) is 1.82. The average molecular weight is 347 g/mol. The van der Waals surface area contributed by atoms with E-state index >= 15 is 0 Å². The molecule has 2 heterocycles. The van der Waals surface area contributed by atoms with Crippen LogP contribution in [0.15, 0.2) is 54.7 Å². The fraction of sp³-hybridized carbons (Fsp3) is 0.238. The summed E-state index contributed by atoms with van der Waals surface area (Å²) in [6, 6.07) is 15.7. The molecule has 5 nitrogen and oxygen atoms in total. The van der Waals surface area contributed by atoms with Crippen LogP contribution in [0.3, 0.4) is 0 Å². The van der Waals surface area contributed by atoms with E-state index in [2.05, 4.69) is 9.55 Å². The van der Waals surface area contributed by atoms with E-state index in [1.165, 1.54) is 0 Å². The zero-order chi connectivity index (χ0) is 18.1. The zero-order valence-corrected chi connectivity index (χ0v) is 15.0. The first-order valence-electron chi connectivity index (χ1n) is 8.70. The number of carbonyl (C=O) groups is 1. The molecule has 132 valence electrons. The monoisotopic (exact) mass is 347 g/mol. The summed E-state index contributed by atoms with van der Waals surface area (Å²) >= 11 is 0. The van der Waals surface area contributed by atoms with Crippen molar-refractivity contribution in [1.29, 1.82) is 0 Å². The molecule has 0 N–H and O–H groups in total. The number of imidazole rings is 1. The Kier molecular flexibility index (Phi) is 4.21. The topological polar surface area (TPSA) is 47.4 Å². The number of hydrogen-bond donors (Lipinski definition) is 0. The lowest BCUT2D eigenvalue weighted by Crippen LogP contribution is -2.38. The van der Waals surface area contributed by atoms with E-state index in [0.717, 1.165) is 40.5 Å². The van der Waals surface area contributed by atoms with E-state index in [9.17, 15) is 4.79 Å². The number of nitrogens with zero attached hydrogens (tertiary/aromatic N) is 3. The third kappa shape index (κ3) is 2.96. The summed E-state index contributed by atoms with van der Waals surface area (Å²) in [6.07, 6.45) is 1.89. The van der Waals surface area contributed by atoms with Crippen molar-refractivity contribution in [2.24, 2.45) is 0 Å². The Labute approximate surface area is 152 Å². The van der Waals surface area contributed by atoms with E-state index in [1.54, 1.807) is 7.11 Å². The highest BCUT2D eigenvalue weighted by Crippen LogP contribution is 2.26. The largest absolute Gasteiger partial charge is 0.497 e. The van der Waals surface area contributed by atoms with Crippen LogP contribution in [0.5, 0.6) is 5.75 Å². The molecule has 26 heavy (non-hydrogen) atoms. The van der Waals surface area contributed by atoms with Gasteiger partial charge < -0.3 is 14.2 Å². The number of methoxy groups -OCH3 is 1. The smallest absolute Gasteiger partial charge is 0.254 e. The highest BCUT2D eigenvalue weighted by molar-refractivity contribution is 5.94. The van der Waals surface area contributed by atoms with Crippen LogP contribution in [0.1, 0.15) is 21.7 Å². The minimum atomic E-state index is 0.0638. The van der Waals surface area contributed by atoms with Gasteiger partial charge in [0.25, 0.3) is 5.91 Å². The van der Waals surface area contributed by atoms with Gasteiger partial charge in [-0.1, -0.05) is 17.7 Å². The van der Waals surface area contributed by atoms with Gasteiger partial charge in [0.2, 0.25) is 0 Å². The van der Waals surface area contributed by atoms with Crippen LogP contribution in [0.25, 0.3) is 11.3 Å². The molecule has 0 radical (unpaired) electrons. The van der Waals surface area contributed by atoms with Gasteiger partial charge in [0.1, 0.15) is 11.6 Å². The second-order valence-electron chi connectivity index (χ2n) is 6.54. The predicted octanol–water partition coefficient (Wildman–Crippen LogP) is 3.52. The van der Waals surface area contributed by atoms with Crippen LogP contribution in [0, 0.1) is 6.92 Å². The fourth-order valence-electron chi connectivity index (χ4n) is 3.39. The third-order valence-corrected chi connectivity index (χ3v) is 4.80. The number of ether oxygens (including phenoxy) is 1. The van der Waals surface area contributed by atoms with Gasteiger partial charge in [0.15, 0.2) is 0 Å². The summed E-state index contributed by atoms with van der Waals surface area (Å²) in [5, 5.41) is 0. The number of aromatic nitrogens is 2. The Balaban J connectivity index is 1.57. The zero-order valence-electron chi connectivity index (χ0n) is 15.0. The van der Waals surface area contributed by atoms with Gasteiger partial charge >= 0.3 is 0 Å². The highest BCUT2D eigenvalue weighted by Gasteiger charge is 2.24. The Morgan fingerprint density at radius 1 is 1.12 bits per heavy atom. The van der Waals surface area contributed by atoms with Crippen molar-refractivity contribution in [2.75, 3.05) is 13.7 Å². The van der Waals surface area contributed by atoms with Crippen molar-refractivity contribution in [3.63, 3.8) is 0 Å². The second kappa shape index (κ2) is 6.67. The Morgan fingerprint density at radius 2 is 1.92 bits per heavy atom. The summed E-state index contributed by atoms with van der Waals surface area (Å²) in [4.78, 5) is 19.2. The van der Waals surface area contributed by atoms with Crippen LogP contribution in [0.2, 0.25) is 0 Å². The lowest BCUT2D eigenvalue weighted by atomic mass is 10.1. The second-order valence-corrected chi connectivity index (χ2v) is 6.54. The Morgan fingerprint density at radius 3 is 2.65 bits per heavy atom. The van der Waals surface area contributed by atoms with Gasteiger partial charge in [-0.2, -0.15) is 0 Å². The standard InChI is InChI=1S/C21H21N3O2/c1-15-4-3-5-17(12-15)21(25)23-10-11-24-19(13-22-20(24)14-23)16-6-8-18(26-2)9-7-16/h3-9,12-13H,10-11,14H2,1-2H3. The minimum Gasteiger partial charge on any atom is -0.497 e. The molecule has 0 unspecified atom stereocenters. The maximum absolute atomic E-state index is 12.8. The molecule has 0 fully saturated rings. The maximum atomic E-state index is 12.8. The van der Waals surface area contributed by atoms with Crippen LogP contribution < -0.4 is 4.74 Å². The summed E-state index contributed by atoms with van der Waals surface area (Å²) in [6.45, 7) is 3.96. The number of fused-ring (bicyclic) bond motifs is 1. The summed E-state index contributed by atoms with van der Waals surface area (Å²) < 4.78 is 7.42. The molecule has 1 amide bonds. The molecule has 4 rings (SSSR count). The Bertz CT molecular complexity index is 944. The molecule has 0 spiro atoms. The molecule has 2 aromatic carbocycles. The van der Waals surface area contributed by atoms with Gasteiger partial charge in [-0.05, 0) is 43.3 Å². The number of aryl methyl sites for hydroxylation is 1. The quantitative estimate of drug-likeness (QED) is 0.728. The van der Waals surface area contributed by atoms with Gasteiger partial charge in [-0.3, -0.25) is 4.79 Å². The van der Waals surface area contributed by atoms with Crippen molar-refractivity contribution in [2.45, 2.75) is 20.0 Å². The molecular formula is C21H21N3O2. The molecule has 5 heteroatoms. The Hall–Kier alpha value is -3.08. The lowest BCUT2D eigenvalue weighted by Gasteiger charge is -2.29. The van der Waals surface area contributed by atoms with Gasteiger partial charge in [-0.25, -0.2) is 4.98 Å². The lowest BCUT2D eigenvalue weighted by molar-refractivity contribution is 0.0708. The maximum Gasteiger partial charge on any atom is 0.254 e. The van der Waals surface area contributed by atoms with E-state index in [4.69, 9.17) is 4.74 Å². The minimum absolute atomic E-state index is 0.0638. The highest BCUT2D eigenvalue weighted by atomic mass is 16.5. The summed E-state index contributed by atoms with van der Waals surface area (Å²) in [5.41, 5.74) is 4.00. The van der Waals surface area contributed by atoms with Gasteiger partial charge in [0, 0.05) is 24.2 Å². The van der Waals surface area contributed by atoms with Gasteiger partial charge in [-0.15, -0.1) is 0 Å². The molecule has 0 bridgehead atoms. The number of hydrogen-bond acceptors (Lipinski definition) is 3. The fourth-order valence-corrected chi connectivity index (χ4v) is 3.39. The molecular weight excluding hydrogens is 326 g/mol. The van der Waals surface area contributed by atoms with Crippen molar-refractivity contribution < 1.29 is 9.53 Å². The SMILES string of the molecule is COc1ccc(-c2cnc3n2CCN(C(=O)c2cccc(C)c2)C3)cc1. The first kappa shape index (κ1) is 16.4.